The van der Waals surface area contributed by atoms with E-state index in [-0.39, 0.29) is 17.1 Å². The van der Waals surface area contributed by atoms with Gasteiger partial charge in [-0.3, -0.25) is 4.79 Å². The first kappa shape index (κ1) is 19.3. The summed E-state index contributed by atoms with van der Waals surface area (Å²) in [6, 6.07) is 7.78. The molecule has 1 atom stereocenters. The highest BCUT2D eigenvalue weighted by Crippen LogP contribution is 2.40. The van der Waals surface area contributed by atoms with E-state index >= 15 is 0 Å². The number of hydrogen-bond acceptors (Lipinski definition) is 4. The molecule has 5 heteroatoms. The number of amides is 1. The lowest BCUT2D eigenvalue weighted by atomic mass is 10.0. The average Bonchev–Trinajstić information content (AvgIpc) is 3.39. The molecule has 1 aliphatic carbocycles. The Balaban J connectivity index is 2.21. The second kappa shape index (κ2) is 8.90. The van der Waals surface area contributed by atoms with Crippen molar-refractivity contribution in [3.63, 3.8) is 0 Å². The van der Waals surface area contributed by atoms with Crippen LogP contribution in [0.2, 0.25) is 0 Å². The third kappa shape index (κ3) is 6.09. The van der Waals surface area contributed by atoms with E-state index in [9.17, 15) is 9.59 Å². The molecule has 4 nitrogen and oxygen atoms in total. The Labute approximate surface area is 153 Å². The van der Waals surface area contributed by atoms with Gasteiger partial charge in [-0.25, -0.2) is 4.79 Å². The van der Waals surface area contributed by atoms with Gasteiger partial charge in [0.2, 0.25) is 5.91 Å². The molecule has 0 aliphatic heterocycles. The molecule has 2 rings (SSSR count). The maximum Gasteiger partial charge on any atom is 0.372 e. The van der Waals surface area contributed by atoms with Crippen molar-refractivity contribution in [2.75, 3.05) is 6.61 Å². The lowest BCUT2D eigenvalue weighted by Gasteiger charge is -2.11. The molecule has 1 aromatic rings. The van der Waals surface area contributed by atoms with Crippen LogP contribution in [-0.2, 0) is 9.53 Å². The van der Waals surface area contributed by atoms with Crippen molar-refractivity contribution in [1.29, 1.82) is 0 Å². The van der Waals surface area contributed by atoms with Crippen molar-refractivity contribution >= 4 is 28.5 Å². The van der Waals surface area contributed by atoms with Gasteiger partial charge < -0.3 is 10.5 Å². The molecule has 134 valence electrons. The van der Waals surface area contributed by atoms with Crippen LogP contribution in [-0.4, -0.2) is 17.8 Å². The second-order valence-corrected chi connectivity index (χ2v) is 7.60. The first-order valence-electron chi connectivity index (χ1n) is 8.52. The van der Waals surface area contributed by atoms with Crippen LogP contribution in [0.15, 0.2) is 46.9 Å². The molecule has 0 heterocycles. The van der Waals surface area contributed by atoms with E-state index in [0.717, 1.165) is 40.6 Å². The minimum absolute atomic E-state index is 0.296. The number of thioether (sulfide) groups is 1. The fourth-order valence-electron chi connectivity index (χ4n) is 2.20. The first-order valence-corrected chi connectivity index (χ1v) is 9.33. The van der Waals surface area contributed by atoms with Crippen molar-refractivity contribution in [2.45, 2.75) is 38.5 Å². The third-order valence-electron chi connectivity index (χ3n) is 3.79. The summed E-state index contributed by atoms with van der Waals surface area (Å²) in [6.07, 6.45) is 5.86. The van der Waals surface area contributed by atoms with E-state index in [1.54, 1.807) is 6.92 Å². The van der Waals surface area contributed by atoms with Crippen molar-refractivity contribution < 1.29 is 14.3 Å². The highest BCUT2D eigenvalue weighted by atomic mass is 32.2. The molecular formula is C20H25NO3S. The van der Waals surface area contributed by atoms with Crippen LogP contribution in [0, 0.1) is 11.8 Å². The highest BCUT2D eigenvalue weighted by Gasteiger charge is 2.21. The Bertz CT molecular complexity index is 701. The number of carbonyl (C=O) groups is 2. The Hall–Kier alpha value is -2.01. The number of hydrogen-bond donors (Lipinski definition) is 1. The summed E-state index contributed by atoms with van der Waals surface area (Å²) in [7, 11) is 0. The molecule has 1 aliphatic rings. The lowest BCUT2D eigenvalue weighted by Crippen LogP contribution is -2.18. The second-order valence-electron chi connectivity index (χ2n) is 6.62. The van der Waals surface area contributed by atoms with Crippen LogP contribution in [0.5, 0.6) is 0 Å². The van der Waals surface area contributed by atoms with E-state index in [1.807, 2.05) is 50.3 Å². The van der Waals surface area contributed by atoms with Crippen LogP contribution < -0.4 is 5.73 Å². The van der Waals surface area contributed by atoms with Gasteiger partial charge in [-0.2, -0.15) is 0 Å². The Morgan fingerprint density at radius 2 is 1.92 bits per heavy atom. The summed E-state index contributed by atoms with van der Waals surface area (Å²) in [6.45, 7) is 6.20. The zero-order valence-electron chi connectivity index (χ0n) is 15.0. The summed E-state index contributed by atoms with van der Waals surface area (Å²) < 4.78 is 5.28. The van der Waals surface area contributed by atoms with E-state index in [4.69, 9.17) is 10.5 Å². The maximum absolute atomic E-state index is 12.1. The van der Waals surface area contributed by atoms with E-state index in [0.29, 0.717) is 12.5 Å². The number of benzene rings is 1. The molecule has 0 bridgehead atoms. The fourth-order valence-corrected chi connectivity index (χ4v) is 2.94. The first-order chi connectivity index (χ1) is 11.9. The zero-order chi connectivity index (χ0) is 18.4. The predicted molar refractivity (Wildman–Crippen MR) is 102 cm³/mol. The maximum atomic E-state index is 12.1. The Morgan fingerprint density at radius 3 is 2.52 bits per heavy atom. The molecule has 2 N–H and O–H groups in total. The number of rotatable bonds is 7. The van der Waals surface area contributed by atoms with E-state index in [1.165, 1.54) is 5.57 Å². The minimum atomic E-state index is -0.351. The number of ether oxygens (including phenoxy) is 1. The van der Waals surface area contributed by atoms with Gasteiger partial charge in [0.25, 0.3) is 0 Å². The SMILES string of the molecule is CC(C)COC(=O)Sc1ccccc1C(/C=C\[C@H](C)C(N)=O)=C1CC1. The molecule has 1 fully saturated rings. The predicted octanol–water partition coefficient (Wildman–Crippen LogP) is 4.80. The standard InChI is InChI=1S/C20H25NO3S/c1-13(2)12-24-20(23)25-18-7-5-4-6-17(18)16(15-9-10-15)11-8-14(3)19(21)22/h4-8,11,13-14H,9-10,12H2,1-3H3,(H2,21,22)/b11-8-/t14-/m0/s1. The molecule has 0 unspecified atom stereocenters. The van der Waals surface area contributed by atoms with E-state index in [2.05, 4.69) is 0 Å². The zero-order valence-corrected chi connectivity index (χ0v) is 15.8. The largest absolute Gasteiger partial charge is 0.457 e. The van der Waals surface area contributed by atoms with Crippen LogP contribution in [0.3, 0.4) is 0 Å². The van der Waals surface area contributed by atoms with Gasteiger partial charge in [0.15, 0.2) is 0 Å². The quantitative estimate of drug-likeness (QED) is 0.561. The summed E-state index contributed by atoms with van der Waals surface area (Å²) in [5, 5.41) is -0.296. The molecule has 1 amide bonds. The summed E-state index contributed by atoms with van der Waals surface area (Å²) in [5.74, 6) is -0.372. The monoisotopic (exact) mass is 359 g/mol. The fraction of sp³-hybridized carbons (Fsp3) is 0.400. The van der Waals surface area contributed by atoms with Gasteiger partial charge >= 0.3 is 5.30 Å². The summed E-state index contributed by atoms with van der Waals surface area (Å²) in [4.78, 5) is 24.2. The Kier molecular flexibility index (Phi) is 6.88. The summed E-state index contributed by atoms with van der Waals surface area (Å²) in [5.41, 5.74) is 8.74. The molecule has 1 aromatic carbocycles. The van der Waals surface area contributed by atoms with Crippen molar-refractivity contribution in [1.82, 2.24) is 0 Å². The van der Waals surface area contributed by atoms with E-state index < -0.39 is 0 Å². The van der Waals surface area contributed by atoms with Crippen LogP contribution >= 0.6 is 11.8 Å². The number of nitrogens with two attached hydrogens (primary N) is 1. The summed E-state index contributed by atoms with van der Waals surface area (Å²) >= 11 is 1.11. The number of primary amides is 1. The van der Waals surface area contributed by atoms with Gasteiger partial charge in [0.1, 0.15) is 0 Å². The molecule has 1 saturated carbocycles. The third-order valence-corrected chi connectivity index (χ3v) is 4.65. The molecule has 25 heavy (non-hydrogen) atoms. The van der Waals surface area contributed by atoms with Gasteiger partial charge in [0.05, 0.1) is 12.5 Å². The molecule has 0 spiro atoms. The highest BCUT2D eigenvalue weighted by molar-refractivity contribution is 8.13. The smallest absolute Gasteiger partial charge is 0.372 e. The molecular weight excluding hydrogens is 334 g/mol. The van der Waals surface area contributed by atoms with Crippen LogP contribution in [0.25, 0.3) is 5.57 Å². The van der Waals surface area contributed by atoms with Crippen molar-refractivity contribution in [3.8, 4) is 0 Å². The minimum Gasteiger partial charge on any atom is -0.457 e. The number of allylic oxidation sites excluding steroid dienone is 3. The lowest BCUT2D eigenvalue weighted by molar-refractivity contribution is -0.120. The Morgan fingerprint density at radius 1 is 1.24 bits per heavy atom. The van der Waals surface area contributed by atoms with Gasteiger partial charge in [-0.1, -0.05) is 56.7 Å². The van der Waals surface area contributed by atoms with Crippen molar-refractivity contribution in [2.24, 2.45) is 17.6 Å². The van der Waals surface area contributed by atoms with Crippen molar-refractivity contribution in [3.05, 3.63) is 47.6 Å². The topological polar surface area (TPSA) is 69.4 Å². The average molecular weight is 359 g/mol. The number of carbonyl (C=O) groups excluding carboxylic acids is 2. The van der Waals surface area contributed by atoms with Crippen LogP contribution in [0.1, 0.15) is 39.2 Å². The molecule has 0 aromatic heterocycles. The molecule has 0 saturated heterocycles. The van der Waals surface area contributed by atoms with Gasteiger partial charge in [0, 0.05) is 4.90 Å². The molecule has 0 radical (unpaired) electrons. The normalized spacial score (nSPS) is 14.6. The van der Waals surface area contributed by atoms with Gasteiger partial charge in [-0.15, -0.1) is 0 Å². The van der Waals surface area contributed by atoms with Gasteiger partial charge in [-0.05, 0) is 47.7 Å². The van der Waals surface area contributed by atoms with Crippen LogP contribution in [0.4, 0.5) is 4.79 Å².